The van der Waals surface area contributed by atoms with Crippen molar-refractivity contribution < 1.29 is 23.5 Å². The Morgan fingerprint density at radius 1 is 1.09 bits per heavy atom. The predicted molar refractivity (Wildman–Crippen MR) is 175 cm³/mol. The average molecular weight is 644 g/mol. The molecule has 4 aromatic rings. The summed E-state index contributed by atoms with van der Waals surface area (Å²) in [7, 11) is 1.67. The molecule has 12 heteroatoms. The zero-order valence-corrected chi connectivity index (χ0v) is 27.2. The maximum atomic E-state index is 14.4. The second-order valence-corrected chi connectivity index (χ2v) is 12.9. The van der Waals surface area contributed by atoms with Crippen LogP contribution in [0, 0.1) is 11.2 Å². The van der Waals surface area contributed by atoms with Crippen molar-refractivity contribution in [3.05, 3.63) is 96.3 Å². The summed E-state index contributed by atoms with van der Waals surface area (Å²) in [5.41, 5.74) is 0.499. The van der Waals surface area contributed by atoms with Crippen molar-refractivity contribution in [2.75, 3.05) is 33.2 Å². The van der Waals surface area contributed by atoms with Crippen molar-refractivity contribution in [2.45, 2.75) is 51.8 Å². The molecule has 3 atom stereocenters. The molecule has 3 amide bonds. The van der Waals surface area contributed by atoms with Gasteiger partial charge in [-0.05, 0) is 54.8 Å². The minimum absolute atomic E-state index is 0.0720. The summed E-state index contributed by atoms with van der Waals surface area (Å²) in [6.45, 7) is 6.59. The number of likely N-dealkylation sites (tertiary alicyclic amines) is 1. The summed E-state index contributed by atoms with van der Waals surface area (Å²) in [6, 6.07) is 16.1. The molecule has 3 unspecified atom stereocenters. The number of halogens is 1. The number of carbonyl (C=O) groups is 3. The number of ether oxygens (including phenoxy) is 1. The van der Waals surface area contributed by atoms with E-state index in [1.54, 1.807) is 58.0 Å². The fraction of sp³-hybridized carbons (Fsp3) is 0.400. The van der Waals surface area contributed by atoms with E-state index < -0.39 is 17.5 Å². The van der Waals surface area contributed by atoms with Crippen LogP contribution in [0.2, 0.25) is 0 Å². The van der Waals surface area contributed by atoms with Crippen molar-refractivity contribution in [1.82, 2.24) is 34.8 Å². The highest BCUT2D eigenvalue weighted by Crippen LogP contribution is 2.29. The number of nitrogens with zero attached hydrogens (tertiary/aromatic N) is 5. The van der Waals surface area contributed by atoms with Gasteiger partial charge in [0.2, 0.25) is 17.6 Å². The molecule has 11 nitrogen and oxygen atoms in total. The lowest BCUT2D eigenvalue weighted by Crippen LogP contribution is -2.58. The van der Waals surface area contributed by atoms with Crippen molar-refractivity contribution >= 4 is 23.5 Å². The number of hydrogen-bond donors (Lipinski definition) is 2. The van der Waals surface area contributed by atoms with Crippen LogP contribution in [0.15, 0.2) is 79.3 Å². The Hall–Kier alpha value is -4.84. The van der Waals surface area contributed by atoms with E-state index in [0.717, 1.165) is 5.56 Å². The number of fused-ring (bicyclic) bond motifs is 1. The second kappa shape index (κ2) is 14.7. The molecule has 1 fully saturated rings. The Labute approximate surface area is 274 Å². The van der Waals surface area contributed by atoms with Gasteiger partial charge in [0.15, 0.2) is 0 Å². The van der Waals surface area contributed by atoms with Crippen LogP contribution in [0.25, 0.3) is 5.78 Å². The predicted octanol–water partition coefficient (Wildman–Crippen LogP) is 3.35. The van der Waals surface area contributed by atoms with E-state index in [9.17, 15) is 18.8 Å². The number of aromatic nitrogens is 3. The molecule has 248 valence electrons. The minimum Gasteiger partial charge on any atom is -0.489 e. The Kier molecular flexibility index (Phi) is 10.5. The maximum Gasteiger partial charge on any atom is 0.274 e. The molecule has 0 spiro atoms. The topological polar surface area (TPSA) is 121 Å². The fourth-order valence-electron chi connectivity index (χ4n) is 5.82. The van der Waals surface area contributed by atoms with E-state index in [-0.39, 0.29) is 55.0 Å². The van der Waals surface area contributed by atoms with Gasteiger partial charge in [-0.3, -0.25) is 18.8 Å². The van der Waals surface area contributed by atoms with Crippen molar-refractivity contribution in [3.63, 3.8) is 0 Å². The van der Waals surface area contributed by atoms with Gasteiger partial charge in [0.25, 0.3) is 5.91 Å². The largest absolute Gasteiger partial charge is 0.489 e. The van der Waals surface area contributed by atoms with Gasteiger partial charge in [-0.25, -0.2) is 14.4 Å². The standard InChI is InChI=1S/C35H42FN7O4/c1-35(2,3)31(40-30(44)20-37-4)33(46)43-22-28(47-27-9-6-5-7-10-27)19-26(43)21-41(18-15-24-11-13-25(36)14-12-24)32(45)29-23-42-17-8-16-38-34(42)39-29/h5-14,16-17,23,26,28,31,37H,15,18-22H2,1-4H3,(H,40,44). The van der Waals surface area contributed by atoms with Crippen LogP contribution < -0.4 is 15.4 Å². The number of carbonyl (C=O) groups excluding carboxylic acids is 3. The molecule has 1 aliphatic heterocycles. The van der Waals surface area contributed by atoms with Crippen LogP contribution in [-0.2, 0) is 16.0 Å². The third-order valence-electron chi connectivity index (χ3n) is 8.22. The van der Waals surface area contributed by atoms with Crippen molar-refractivity contribution in [2.24, 2.45) is 5.41 Å². The Balaban J connectivity index is 1.45. The van der Waals surface area contributed by atoms with Crippen LogP contribution in [-0.4, -0.2) is 93.3 Å². The summed E-state index contributed by atoms with van der Waals surface area (Å²) in [5, 5.41) is 5.76. The van der Waals surface area contributed by atoms with Gasteiger partial charge in [0.05, 0.1) is 19.1 Å². The lowest BCUT2D eigenvalue weighted by atomic mass is 9.85. The van der Waals surface area contributed by atoms with Gasteiger partial charge < -0.3 is 25.2 Å². The lowest BCUT2D eigenvalue weighted by molar-refractivity contribution is -0.140. The third kappa shape index (κ3) is 8.50. The van der Waals surface area contributed by atoms with Crippen LogP contribution in [0.3, 0.4) is 0 Å². The van der Waals surface area contributed by atoms with E-state index >= 15 is 0 Å². The molecule has 0 radical (unpaired) electrons. The first kappa shape index (κ1) is 33.5. The third-order valence-corrected chi connectivity index (χ3v) is 8.22. The zero-order valence-electron chi connectivity index (χ0n) is 27.2. The van der Waals surface area contributed by atoms with Crippen LogP contribution >= 0.6 is 0 Å². The molecule has 0 saturated carbocycles. The number of nitrogens with one attached hydrogen (secondary N) is 2. The molecule has 2 N–H and O–H groups in total. The Bertz CT molecular complexity index is 1640. The van der Waals surface area contributed by atoms with Gasteiger partial charge >= 0.3 is 0 Å². The summed E-state index contributed by atoms with van der Waals surface area (Å²) in [4.78, 5) is 53.3. The second-order valence-electron chi connectivity index (χ2n) is 12.9. The summed E-state index contributed by atoms with van der Waals surface area (Å²) in [5.74, 6) is -0.0970. The van der Waals surface area contributed by atoms with Gasteiger partial charge in [-0.15, -0.1) is 0 Å². The van der Waals surface area contributed by atoms with E-state index in [1.807, 2.05) is 51.1 Å². The molecular weight excluding hydrogens is 601 g/mol. The van der Waals surface area contributed by atoms with E-state index in [4.69, 9.17) is 4.74 Å². The summed E-state index contributed by atoms with van der Waals surface area (Å²) < 4.78 is 21.6. The highest BCUT2D eigenvalue weighted by Gasteiger charge is 2.44. The maximum absolute atomic E-state index is 14.4. The smallest absolute Gasteiger partial charge is 0.274 e. The molecule has 0 aliphatic carbocycles. The Morgan fingerprint density at radius 3 is 2.51 bits per heavy atom. The Morgan fingerprint density at radius 2 is 1.83 bits per heavy atom. The first-order valence-corrected chi connectivity index (χ1v) is 15.8. The van der Waals surface area contributed by atoms with E-state index in [2.05, 4.69) is 20.6 Å². The lowest BCUT2D eigenvalue weighted by Gasteiger charge is -2.37. The number of para-hydroxylation sites is 1. The summed E-state index contributed by atoms with van der Waals surface area (Å²) >= 11 is 0. The van der Waals surface area contributed by atoms with Gasteiger partial charge in [-0.1, -0.05) is 51.1 Å². The fourth-order valence-corrected chi connectivity index (χ4v) is 5.82. The first-order chi connectivity index (χ1) is 22.5. The SMILES string of the molecule is CNCC(=O)NC(C(=O)N1CC(Oc2ccccc2)CC1CN(CCc1ccc(F)cc1)C(=O)c1cn2cccnc2n1)C(C)(C)C. The van der Waals surface area contributed by atoms with Crippen LogP contribution in [0.5, 0.6) is 5.75 Å². The normalized spacial score (nSPS) is 17.0. The van der Waals surface area contributed by atoms with Crippen LogP contribution in [0.4, 0.5) is 4.39 Å². The zero-order chi connectivity index (χ0) is 33.6. The molecule has 1 aliphatic rings. The highest BCUT2D eigenvalue weighted by molar-refractivity contribution is 5.93. The number of imidazole rings is 1. The number of amides is 3. The van der Waals surface area contributed by atoms with Crippen molar-refractivity contribution in [1.29, 1.82) is 0 Å². The quantitative estimate of drug-likeness (QED) is 0.243. The number of rotatable bonds is 12. The van der Waals surface area contributed by atoms with E-state index in [1.165, 1.54) is 12.1 Å². The summed E-state index contributed by atoms with van der Waals surface area (Å²) in [6.07, 6.45) is 5.61. The van der Waals surface area contributed by atoms with Gasteiger partial charge in [0.1, 0.15) is 29.4 Å². The molecule has 5 rings (SSSR count). The molecule has 2 aromatic heterocycles. The average Bonchev–Trinajstić information content (AvgIpc) is 3.66. The molecule has 1 saturated heterocycles. The molecule has 2 aromatic carbocycles. The minimum atomic E-state index is -0.811. The highest BCUT2D eigenvalue weighted by atomic mass is 19.1. The molecule has 3 heterocycles. The monoisotopic (exact) mass is 643 g/mol. The molecule has 0 bridgehead atoms. The molecular formula is C35H42FN7O4. The van der Waals surface area contributed by atoms with E-state index in [0.29, 0.717) is 30.9 Å². The molecule has 47 heavy (non-hydrogen) atoms. The van der Waals surface area contributed by atoms with Crippen molar-refractivity contribution in [3.8, 4) is 5.75 Å². The number of likely N-dealkylation sites (N-methyl/N-ethyl adjacent to an activating group) is 1. The number of benzene rings is 2. The van der Waals surface area contributed by atoms with Crippen LogP contribution in [0.1, 0.15) is 43.2 Å². The first-order valence-electron chi connectivity index (χ1n) is 15.8. The number of hydrogen-bond acceptors (Lipinski definition) is 7. The van der Waals surface area contributed by atoms with Gasteiger partial charge in [-0.2, -0.15) is 0 Å². The van der Waals surface area contributed by atoms with Gasteiger partial charge in [0, 0.05) is 38.1 Å².